The Morgan fingerprint density at radius 2 is 1.59 bits per heavy atom. The van der Waals surface area contributed by atoms with E-state index in [1.165, 1.54) is 0 Å². The highest BCUT2D eigenvalue weighted by molar-refractivity contribution is 6.03. The van der Waals surface area contributed by atoms with Crippen molar-refractivity contribution in [3.63, 3.8) is 0 Å². The number of aliphatic hydroxyl groups excluding tert-OH is 1. The fraction of sp³-hybridized carbons (Fsp3) is 0.194. The van der Waals surface area contributed by atoms with Gasteiger partial charge in [0, 0.05) is 24.1 Å². The van der Waals surface area contributed by atoms with E-state index < -0.39 is 6.10 Å². The molecule has 0 bridgehead atoms. The highest BCUT2D eigenvalue weighted by Crippen LogP contribution is 2.44. The topological polar surface area (TPSA) is 84.8 Å². The Balaban J connectivity index is 1.60. The van der Waals surface area contributed by atoms with E-state index in [9.17, 15) is 5.11 Å². The Bertz CT molecular complexity index is 1460. The normalized spacial score (nSPS) is 12.2. The number of rotatable bonds is 9. The minimum atomic E-state index is -0.713. The van der Waals surface area contributed by atoms with Crippen LogP contribution in [0.5, 0.6) is 5.75 Å². The van der Waals surface area contributed by atoms with Crippen LogP contribution in [-0.4, -0.2) is 42.2 Å². The third kappa shape index (κ3) is 5.35. The lowest BCUT2D eigenvalue weighted by Crippen LogP contribution is -2.19. The summed E-state index contributed by atoms with van der Waals surface area (Å²) in [6.45, 7) is 1.46. The van der Waals surface area contributed by atoms with E-state index in [1.807, 2.05) is 99.0 Å². The van der Waals surface area contributed by atoms with Gasteiger partial charge in [0.1, 0.15) is 18.1 Å². The Morgan fingerprint density at radius 3 is 2.27 bits per heavy atom. The lowest BCUT2D eigenvalue weighted by atomic mass is 9.93. The summed E-state index contributed by atoms with van der Waals surface area (Å²) in [4.78, 5) is 6.61. The van der Waals surface area contributed by atoms with E-state index in [0.29, 0.717) is 30.2 Å². The molecule has 0 aliphatic heterocycles. The lowest BCUT2D eigenvalue weighted by molar-refractivity contribution is 0.179. The number of ether oxygens (including phenoxy) is 1. The van der Waals surface area contributed by atoms with Gasteiger partial charge in [-0.15, -0.1) is 0 Å². The number of aliphatic hydroxyl groups is 1. The van der Waals surface area contributed by atoms with Crippen LogP contribution in [0.2, 0.25) is 0 Å². The zero-order valence-corrected chi connectivity index (χ0v) is 21.1. The maximum absolute atomic E-state index is 11.1. The molecule has 0 fully saturated rings. The lowest BCUT2D eigenvalue weighted by Gasteiger charge is -2.14. The van der Waals surface area contributed by atoms with Crippen LogP contribution in [0.15, 0.2) is 95.5 Å². The minimum Gasteiger partial charge on any atom is -0.492 e. The summed E-state index contributed by atoms with van der Waals surface area (Å²) in [6.07, 6.45) is 1.24. The van der Waals surface area contributed by atoms with E-state index in [0.717, 1.165) is 45.5 Å². The monoisotopic (exact) mass is 493 g/mol. The predicted octanol–water partition coefficient (Wildman–Crippen LogP) is 5.96. The SMILES string of the molecule is CN(C)CCOc1ccc(-c2oc3ncc(N)c(CC(O)c4ccccc4)c3c2-c2ccccc2)cc1. The van der Waals surface area contributed by atoms with Crippen LogP contribution < -0.4 is 10.5 Å². The highest BCUT2D eigenvalue weighted by Gasteiger charge is 2.24. The maximum atomic E-state index is 11.1. The highest BCUT2D eigenvalue weighted by atomic mass is 16.5. The number of hydrogen-bond acceptors (Lipinski definition) is 6. The second kappa shape index (κ2) is 10.9. The summed E-state index contributed by atoms with van der Waals surface area (Å²) in [5.41, 5.74) is 11.9. The largest absolute Gasteiger partial charge is 0.492 e. The molecule has 1 atom stereocenters. The fourth-order valence-electron chi connectivity index (χ4n) is 4.48. The molecule has 0 saturated heterocycles. The van der Waals surface area contributed by atoms with Gasteiger partial charge in [-0.1, -0.05) is 60.7 Å². The second-order valence-corrected chi connectivity index (χ2v) is 9.35. The predicted molar refractivity (Wildman–Crippen MR) is 148 cm³/mol. The Labute approximate surface area is 216 Å². The van der Waals surface area contributed by atoms with E-state index in [2.05, 4.69) is 9.88 Å². The molecule has 0 radical (unpaired) electrons. The minimum absolute atomic E-state index is 0.340. The first-order valence-electron chi connectivity index (χ1n) is 12.4. The van der Waals surface area contributed by atoms with Crippen LogP contribution in [0.3, 0.4) is 0 Å². The summed E-state index contributed by atoms with van der Waals surface area (Å²) >= 11 is 0. The van der Waals surface area contributed by atoms with Crippen LogP contribution >= 0.6 is 0 Å². The van der Waals surface area contributed by atoms with E-state index >= 15 is 0 Å². The number of pyridine rings is 1. The van der Waals surface area contributed by atoms with E-state index in [4.69, 9.17) is 14.9 Å². The van der Waals surface area contributed by atoms with Gasteiger partial charge >= 0.3 is 0 Å². The molecule has 5 rings (SSSR count). The molecule has 3 aromatic carbocycles. The summed E-state index contributed by atoms with van der Waals surface area (Å²) in [5.74, 6) is 1.51. The van der Waals surface area contributed by atoms with Crippen molar-refractivity contribution in [3.05, 3.63) is 102 Å². The number of furan rings is 1. The fourth-order valence-corrected chi connectivity index (χ4v) is 4.48. The van der Waals surface area contributed by atoms with Gasteiger partial charge in [0.25, 0.3) is 0 Å². The van der Waals surface area contributed by atoms with Gasteiger partial charge < -0.3 is 24.9 Å². The first kappa shape index (κ1) is 24.6. The summed E-state index contributed by atoms with van der Waals surface area (Å²) in [6, 6.07) is 27.6. The zero-order valence-electron chi connectivity index (χ0n) is 21.1. The Hall–Kier alpha value is -4.13. The molecule has 37 heavy (non-hydrogen) atoms. The van der Waals surface area contributed by atoms with Gasteiger partial charge in [-0.3, -0.25) is 0 Å². The molecule has 2 aromatic heterocycles. The average Bonchev–Trinajstić information content (AvgIpc) is 3.31. The molecule has 0 amide bonds. The van der Waals surface area contributed by atoms with Gasteiger partial charge in [-0.2, -0.15) is 0 Å². The van der Waals surface area contributed by atoms with E-state index in [-0.39, 0.29) is 0 Å². The number of nitrogen functional groups attached to an aromatic ring is 1. The van der Waals surface area contributed by atoms with Gasteiger partial charge in [-0.25, -0.2) is 4.98 Å². The summed E-state index contributed by atoms with van der Waals surface area (Å²) in [5, 5.41) is 11.9. The van der Waals surface area contributed by atoms with Crippen LogP contribution in [0, 0.1) is 0 Å². The van der Waals surface area contributed by atoms with Crippen LogP contribution in [0.4, 0.5) is 5.69 Å². The number of fused-ring (bicyclic) bond motifs is 1. The molecular weight excluding hydrogens is 462 g/mol. The molecule has 2 heterocycles. The molecule has 0 saturated carbocycles. The molecule has 188 valence electrons. The molecular formula is C31H31N3O3. The van der Waals surface area contributed by atoms with Crippen molar-refractivity contribution in [2.75, 3.05) is 33.0 Å². The molecule has 0 aliphatic rings. The van der Waals surface area contributed by atoms with Crippen LogP contribution in [-0.2, 0) is 6.42 Å². The number of hydrogen-bond donors (Lipinski definition) is 2. The van der Waals surface area contributed by atoms with Crippen molar-refractivity contribution in [2.24, 2.45) is 0 Å². The molecule has 3 N–H and O–H groups in total. The van der Waals surface area contributed by atoms with Crippen molar-refractivity contribution in [1.82, 2.24) is 9.88 Å². The number of aromatic nitrogens is 1. The molecule has 0 aliphatic carbocycles. The molecule has 5 aromatic rings. The smallest absolute Gasteiger partial charge is 0.227 e. The van der Waals surface area contributed by atoms with Gasteiger partial charge in [0.15, 0.2) is 0 Å². The van der Waals surface area contributed by atoms with Gasteiger partial charge in [0.2, 0.25) is 5.71 Å². The standard InChI is InChI=1S/C31H31N3O3/c1-34(2)17-18-36-24-15-13-23(14-16-24)30-28(22-11-7-4-8-12-22)29-25(26(32)20-33-31(29)37-30)19-27(35)21-9-5-3-6-10-21/h3-16,20,27,35H,17-19,32H2,1-2H3. The molecule has 6 heteroatoms. The quantitative estimate of drug-likeness (QED) is 0.264. The average molecular weight is 494 g/mol. The summed E-state index contributed by atoms with van der Waals surface area (Å²) in [7, 11) is 4.04. The van der Waals surface area contributed by atoms with Crippen LogP contribution in [0.1, 0.15) is 17.2 Å². The van der Waals surface area contributed by atoms with Crippen molar-refractivity contribution < 1.29 is 14.3 Å². The van der Waals surface area contributed by atoms with Crippen LogP contribution in [0.25, 0.3) is 33.6 Å². The number of anilines is 1. The Kier molecular flexibility index (Phi) is 7.21. The van der Waals surface area contributed by atoms with E-state index in [1.54, 1.807) is 6.20 Å². The number of nitrogens with two attached hydrogens (primary N) is 1. The molecule has 1 unspecified atom stereocenters. The maximum Gasteiger partial charge on any atom is 0.227 e. The number of nitrogens with zero attached hydrogens (tertiary/aromatic N) is 2. The number of likely N-dealkylation sites (N-methyl/N-ethyl adjacent to an activating group) is 1. The third-order valence-corrected chi connectivity index (χ3v) is 6.43. The van der Waals surface area contributed by atoms with Crippen molar-refractivity contribution in [3.8, 4) is 28.2 Å². The van der Waals surface area contributed by atoms with Gasteiger partial charge in [0.05, 0.1) is 23.4 Å². The van der Waals surface area contributed by atoms with Crippen molar-refractivity contribution in [2.45, 2.75) is 12.5 Å². The van der Waals surface area contributed by atoms with Crippen molar-refractivity contribution >= 4 is 16.8 Å². The third-order valence-electron chi connectivity index (χ3n) is 6.43. The Morgan fingerprint density at radius 1 is 0.919 bits per heavy atom. The van der Waals surface area contributed by atoms with Gasteiger partial charge in [-0.05, 0) is 55.1 Å². The summed E-state index contributed by atoms with van der Waals surface area (Å²) < 4.78 is 12.3. The van der Waals surface area contributed by atoms with Crippen molar-refractivity contribution in [1.29, 1.82) is 0 Å². The first-order valence-corrected chi connectivity index (χ1v) is 12.4. The second-order valence-electron chi connectivity index (χ2n) is 9.35. The number of benzene rings is 3. The molecule has 0 spiro atoms. The molecule has 6 nitrogen and oxygen atoms in total. The zero-order chi connectivity index (χ0) is 25.8. The first-order chi connectivity index (χ1) is 18.0.